The molecule has 26 heavy (non-hydrogen) atoms. The highest BCUT2D eigenvalue weighted by Gasteiger charge is 2.43. The van der Waals surface area contributed by atoms with Crippen molar-refractivity contribution in [1.82, 2.24) is 9.97 Å². The van der Waals surface area contributed by atoms with Crippen molar-refractivity contribution in [2.45, 2.75) is 5.60 Å². The molecule has 2 fully saturated rings. The molecule has 1 unspecified atom stereocenters. The molecule has 136 valence electrons. The summed E-state index contributed by atoms with van der Waals surface area (Å²) in [6, 6.07) is 6.03. The minimum Gasteiger partial charge on any atom is -0.376 e. The highest BCUT2D eigenvalue weighted by molar-refractivity contribution is 5.95. The molecule has 0 N–H and O–H groups in total. The van der Waals surface area contributed by atoms with Crippen molar-refractivity contribution >= 4 is 17.4 Å². The fourth-order valence-electron chi connectivity index (χ4n) is 3.33. The number of amides is 1. The molecule has 1 aromatic heterocycles. The van der Waals surface area contributed by atoms with Crippen LogP contribution in [0.15, 0.2) is 42.9 Å². The maximum atomic E-state index is 13.6. The maximum absolute atomic E-state index is 13.6. The Bertz CT molecular complexity index is 791. The number of aromatic nitrogens is 2. The summed E-state index contributed by atoms with van der Waals surface area (Å²) in [6.07, 6.45) is 4.95. The average molecular weight is 358 g/mol. The Labute approximate surface area is 150 Å². The normalized spacial score (nSPS) is 24.0. The molecule has 1 spiro atoms. The zero-order valence-corrected chi connectivity index (χ0v) is 14.2. The van der Waals surface area contributed by atoms with Gasteiger partial charge in [0, 0.05) is 24.6 Å². The van der Waals surface area contributed by atoms with E-state index in [4.69, 9.17) is 9.47 Å². The highest BCUT2D eigenvalue weighted by atomic mass is 19.1. The van der Waals surface area contributed by atoms with Gasteiger partial charge in [0.2, 0.25) is 0 Å². The van der Waals surface area contributed by atoms with E-state index in [1.54, 1.807) is 35.6 Å². The Balaban J connectivity index is 1.61. The van der Waals surface area contributed by atoms with Crippen molar-refractivity contribution in [1.29, 1.82) is 0 Å². The fourth-order valence-corrected chi connectivity index (χ4v) is 3.33. The molecule has 0 aliphatic carbocycles. The van der Waals surface area contributed by atoms with Crippen LogP contribution in [0, 0.1) is 5.82 Å². The number of ether oxygens (including phenoxy) is 2. The minimum atomic E-state index is -0.714. The SMILES string of the molecule is O=C1COC2(COCCN(c3cnccn3)C2)CN1c1cccc(F)c1. The van der Waals surface area contributed by atoms with E-state index in [2.05, 4.69) is 9.97 Å². The first-order chi connectivity index (χ1) is 12.7. The third kappa shape index (κ3) is 3.38. The van der Waals surface area contributed by atoms with E-state index >= 15 is 0 Å². The Kier molecular flexibility index (Phi) is 4.52. The lowest BCUT2D eigenvalue weighted by molar-refractivity contribution is -0.143. The van der Waals surface area contributed by atoms with Crippen LogP contribution in [0.5, 0.6) is 0 Å². The number of halogens is 1. The van der Waals surface area contributed by atoms with Gasteiger partial charge in [0.05, 0.1) is 32.5 Å². The zero-order valence-electron chi connectivity index (χ0n) is 14.2. The molecule has 0 saturated carbocycles. The monoisotopic (exact) mass is 358 g/mol. The number of anilines is 2. The van der Waals surface area contributed by atoms with E-state index in [0.29, 0.717) is 32.0 Å². The molecule has 2 aliphatic rings. The number of hydrogen-bond donors (Lipinski definition) is 0. The third-order valence-corrected chi connectivity index (χ3v) is 4.59. The molecular formula is C18H19FN4O3. The summed E-state index contributed by atoms with van der Waals surface area (Å²) in [7, 11) is 0. The van der Waals surface area contributed by atoms with Crippen LogP contribution in [0.3, 0.4) is 0 Å². The van der Waals surface area contributed by atoms with E-state index in [0.717, 1.165) is 5.82 Å². The summed E-state index contributed by atoms with van der Waals surface area (Å²) in [5, 5.41) is 0. The van der Waals surface area contributed by atoms with E-state index in [1.165, 1.54) is 12.1 Å². The fraction of sp³-hybridized carbons (Fsp3) is 0.389. The second kappa shape index (κ2) is 6.97. The predicted octanol–water partition coefficient (Wildman–Crippen LogP) is 1.25. The van der Waals surface area contributed by atoms with Gasteiger partial charge < -0.3 is 19.3 Å². The Morgan fingerprint density at radius 1 is 1.23 bits per heavy atom. The smallest absolute Gasteiger partial charge is 0.253 e. The number of carbonyl (C=O) groups is 1. The number of benzene rings is 1. The molecule has 1 atom stereocenters. The average Bonchev–Trinajstić information content (AvgIpc) is 2.87. The van der Waals surface area contributed by atoms with E-state index < -0.39 is 5.60 Å². The highest BCUT2D eigenvalue weighted by Crippen LogP contribution is 2.28. The lowest BCUT2D eigenvalue weighted by Gasteiger charge is -2.43. The summed E-state index contributed by atoms with van der Waals surface area (Å²) in [4.78, 5) is 24.4. The van der Waals surface area contributed by atoms with Gasteiger partial charge in [-0.1, -0.05) is 6.07 Å². The van der Waals surface area contributed by atoms with Crippen LogP contribution in [-0.2, 0) is 14.3 Å². The van der Waals surface area contributed by atoms with Gasteiger partial charge in [-0.15, -0.1) is 0 Å². The number of morpholine rings is 1. The number of hydrogen-bond acceptors (Lipinski definition) is 6. The summed E-state index contributed by atoms with van der Waals surface area (Å²) >= 11 is 0. The summed E-state index contributed by atoms with van der Waals surface area (Å²) in [5.41, 5.74) is -0.193. The van der Waals surface area contributed by atoms with Gasteiger partial charge >= 0.3 is 0 Å². The van der Waals surface area contributed by atoms with Gasteiger partial charge in [-0.3, -0.25) is 9.78 Å². The van der Waals surface area contributed by atoms with Crippen molar-refractivity contribution in [2.24, 2.45) is 0 Å². The van der Waals surface area contributed by atoms with Crippen LogP contribution in [0.1, 0.15) is 0 Å². The molecule has 8 heteroatoms. The molecule has 7 nitrogen and oxygen atoms in total. The topological polar surface area (TPSA) is 67.8 Å². The van der Waals surface area contributed by atoms with Crippen LogP contribution in [0.4, 0.5) is 15.9 Å². The second-order valence-corrected chi connectivity index (χ2v) is 6.47. The Morgan fingerprint density at radius 2 is 2.15 bits per heavy atom. The molecule has 1 amide bonds. The molecule has 2 aromatic rings. The summed E-state index contributed by atoms with van der Waals surface area (Å²) in [6.45, 7) is 2.24. The second-order valence-electron chi connectivity index (χ2n) is 6.47. The van der Waals surface area contributed by atoms with E-state index in [9.17, 15) is 9.18 Å². The Hall–Kier alpha value is -2.58. The zero-order chi connectivity index (χ0) is 18.0. The van der Waals surface area contributed by atoms with E-state index in [1.807, 2.05) is 4.90 Å². The molecule has 1 aromatic carbocycles. The van der Waals surface area contributed by atoms with Crippen LogP contribution in [-0.4, -0.2) is 60.9 Å². The summed E-state index contributed by atoms with van der Waals surface area (Å²) in [5.74, 6) is 0.154. The standard InChI is InChI=1S/C18H19FN4O3/c19-14-2-1-3-15(8-14)23-12-18(26-10-17(23)24)11-22(6-7-25-13-18)16-9-20-4-5-21-16/h1-5,8-9H,6-7,10-13H2. The number of carbonyl (C=O) groups excluding carboxylic acids is 1. The molecule has 2 saturated heterocycles. The summed E-state index contributed by atoms with van der Waals surface area (Å²) < 4.78 is 25.3. The minimum absolute atomic E-state index is 0.0752. The van der Waals surface area contributed by atoms with Gasteiger partial charge in [-0.25, -0.2) is 9.37 Å². The predicted molar refractivity (Wildman–Crippen MR) is 92.5 cm³/mol. The molecule has 0 radical (unpaired) electrons. The van der Waals surface area contributed by atoms with Crippen LogP contribution in [0.25, 0.3) is 0 Å². The van der Waals surface area contributed by atoms with Gasteiger partial charge in [0.25, 0.3) is 5.91 Å². The first-order valence-electron chi connectivity index (χ1n) is 8.44. The molecular weight excluding hydrogens is 339 g/mol. The van der Waals surface area contributed by atoms with Crippen molar-refractivity contribution in [2.75, 3.05) is 49.3 Å². The van der Waals surface area contributed by atoms with Crippen LogP contribution in [0.2, 0.25) is 0 Å². The van der Waals surface area contributed by atoms with Crippen LogP contribution >= 0.6 is 0 Å². The van der Waals surface area contributed by atoms with Crippen molar-refractivity contribution in [3.8, 4) is 0 Å². The molecule has 4 rings (SSSR count). The first kappa shape index (κ1) is 16.9. The van der Waals surface area contributed by atoms with Gasteiger partial charge in [-0.2, -0.15) is 0 Å². The van der Waals surface area contributed by atoms with Gasteiger partial charge in [0.1, 0.15) is 23.8 Å². The van der Waals surface area contributed by atoms with Gasteiger partial charge in [0.15, 0.2) is 0 Å². The van der Waals surface area contributed by atoms with Crippen molar-refractivity contribution in [3.63, 3.8) is 0 Å². The lowest BCUT2D eigenvalue weighted by Crippen LogP contribution is -2.61. The van der Waals surface area contributed by atoms with Crippen molar-refractivity contribution < 1.29 is 18.7 Å². The van der Waals surface area contributed by atoms with E-state index in [-0.39, 0.29) is 24.9 Å². The quantitative estimate of drug-likeness (QED) is 0.805. The van der Waals surface area contributed by atoms with Gasteiger partial charge in [-0.05, 0) is 18.2 Å². The maximum Gasteiger partial charge on any atom is 0.253 e. The molecule has 2 aliphatic heterocycles. The third-order valence-electron chi connectivity index (χ3n) is 4.59. The number of nitrogens with zero attached hydrogens (tertiary/aromatic N) is 4. The molecule has 3 heterocycles. The first-order valence-corrected chi connectivity index (χ1v) is 8.44. The molecule has 0 bridgehead atoms. The lowest BCUT2D eigenvalue weighted by atomic mass is 10.0. The Morgan fingerprint density at radius 3 is 2.96 bits per heavy atom. The van der Waals surface area contributed by atoms with Crippen molar-refractivity contribution in [3.05, 3.63) is 48.7 Å². The number of rotatable bonds is 2. The largest absolute Gasteiger partial charge is 0.376 e. The van der Waals surface area contributed by atoms with Crippen LogP contribution < -0.4 is 9.80 Å².